The molecule has 228 valence electrons. The Hall–Kier alpha value is -3.75. The molecule has 3 heterocycles. The number of amides is 1. The first-order valence-electron chi connectivity index (χ1n) is 15.7. The fourth-order valence-electron chi connectivity index (χ4n) is 7.17. The maximum atomic E-state index is 14.4. The zero-order valence-electron chi connectivity index (χ0n) is 24.7. The van der Waals surface area contributed by atoms with Crippen LogP contribution >= 0.6 is 0 Å². The summed E-state index contributed by atoms with van der Waals surface area (Å²) in [5.74, 6) is -0.208. The van der Waals surface area contributed by atoms with Gasteiger partial charge in [0, 0.05) is 29.1 Å². The van der Waals surface area contributed by atoms with Gasteiger partial charge in [-0.1, -0.05) is 60.7 Å². The Morgan fingerprint density at radius 3 is 2.30 bits per heavy atom. The number of likely N-dealkylation sites (tertiary alicyclic amines) is 2. The second-order valence-electron chi connectivity index (χ2n) is 12.6. The average Bonchev–Trinajstić information content (AvgIpc) is 3.61. The number of para-hydroxylation sites is 1. The van der Waals surface area contributed by atoms with Crippen molar-refractivity contribution in [1.82, 2.24) is 20.1 Å². The van der Waals surface area contributed by atoms with Crippen LogP contribution in [0.3, 0.4) is 0 Å². The molecule has 2 aliphatic heterocycles. The molecule has 44 heavy (non-hydrogen) atoms. The van der Waals surface area contributed by atoms with Crippen molar-refractivity contribution in [3.63, 3.8) is 0 Å². The van der Waals surface area contributed by atoms with Crippen molar-refractivity contribution < 1.29 is 18.0 Å². The van der Waals surface area contributed by atoms with Gasteiger partial charge in [0.15, 0.2) is 0 Å². The average molecular weight is 599 g/mol. The van der Waals surface area contributed by atoms with Crippen molar-refractivity contribution >= 4 is 16.8 Å². The molecule has 7 rings (SSSR count). The van der Waals surface area contributed by atoms with Gasteiger partial charge in [-0.3, -0.25) is 9.69 Å². The van der Waals surface area contributed by atoms with E-state index in [9.17, 15) is 18.0 Å². The van der Waals surface area contributed by atoms with Crippen molar-refractivity contribution in [2.75, 3.05) is 26.2 Å². The second-order valence-corrected chi connectivity index (χ2v) is 12.6. The van der Waals surface area contributed by atoms with E-state index in [0.29, 0.717) is 45.9 Å². The summed E-state index contributed by atoms with van der Waals surface area (Å²) < 4.78 is 41.5. The van der Waals surface area contributed by atoms with E-state index in [0.717, 1.165) is 69.6 Å². The molecule has 1 amide bonds. The van der Waals surface area contributed by atoms with Gasteiger partial charge in [-0.25, -0.2) is 4.98 Å². The van der Waals surface area contributed by atoms with Crippen molar-refractivity contribution in [3.05, 3.63) is 101 Å². The lowest BCUT2D eigenvalue weighted by atomic mass is 9.93. The van der Waals surface area contributed by atoms with Crippen LogP contribution in [0.2, 0.25) is 0 Å². The number of nitrogens with one attached hydrogen (secondary N) is 1. The Balaban J connectivity index is 1.31. The third-order valence-corrected chi connectivity index (χ3v) is 9.71. The molecule has 2 saturated heterocycles. The number of aromatic nitrogens is 1. The van der Waals surface area contributed by atoms with Gasteiger partial charge >= 0.3 is 6.18 Å². The maximum absolute atomic E-state index is 14.4. The quantitative estimate of drug-likeness (QED) is 0.241. The van der Waals surface area contributed by atoms with Crippen molar-refractivity contribution in [2.45, 2.75) is 62.8 Å². The predicted molar refractivity (Wildman–Crippen MR) is 166 cm³/mol. The van der Waals surface area contributed by atoms with E-state index in [-0.39, 0.29) is 5.91 Å². The number of carbonyl (C=O) groups is 1. The van der Waals surface area contributed by atoms with Gasteiger partial charge in [0.25, 0.3) is 5.91 Å². The van der Waals surface area contributed by atoms with Crippen LogP contribution < -0.4 is 5.32 Å². The monoisotopic (exact) mass is 598 g/mol. The number of benzene rings is 3. The molecule has 4 aromatic rings. The number of nitrogens with zero attached hydrogens (tertiary/aromatic N) is 3. The van der Waals surface area contributed by atoms with Gasteiger partial charge < -0.3 is 10.2 Å². The van der Waals surface area contributed by atoms with E-state index in [1.165, 1.54) is 18.9 Å². The fraction of sp³-hybridized carbons (Fsp3) is 0.389. The SMILES string of the molecule is O=C(NC1(c2ccccc2)CC1)c1c(CN2CCC(N3CCCC3)CC2)c(-c2cccc(C(F)(F)F)c2)nc2ccccc12. The smallest absolute Gasteiger partial charge is 0.342 e. The standard InChI is InChI=1S/C36H37F3N4O/c37-36(38,39)27-12-8-9-25(23-27)33-30(24-42-21-15-28(16-22-42)43-19-6-7-20-43)32(29-13-4-5-14-31(29)40-33)34(44)41-35(17-18-35)26-10-2-1-3-11-26/h1-5,8-14,23,28H,6-7,15-22,24H2,(H,41,44). The Kier molecular flexibility index (Phi) is 7.67. The molecule has 0 spiro atoms. The Morgan fingerprint density at radius 1 is 0.886 bits per heavy atom. The molecule has 3 fully saturated rings. The Labute approximate surface area is 256 Å². The van der Waals surface area contributed by atoms with E-state index in [1.807, 2.05) is 54.6 Å². The van der Waals surface area contributed by atoms with E-state index in [4.69, 9.17) is 4.98 Å². The Bertz CT molecular complexity index is 1650. The first kappa shape index (κ1) is 29.0. The largest absolute Gasteiger partial charge is 0.416 e. The molecular weight excluding hydrogens is 561 g/mol. The van der Waals surface area contributed by atoms with Gasteiger partial charge in [-0.05, 0) is 88.5 Å². The summed E-state index contributed by atoms with van der Waals surface area (Å²) in [5, 5.41) is 4.07. The van der Waals surface area contributed by atoms with E-state index >= 15 is 0 Å². The van der Waals surface area contributed by atoms with E-state index in [1.54, 1.807) is 6.07 Å². The summed E-state index contributed by atoms with van der Waals surface area (Å²) in [5.41, 5.74) is 2.48. The van der Waals surface area contributed by atoms with Gasteiger partial charge in [0.2, 0.25) is 0 Å². The molecule has 1 saturated carbocycles. The highest BCUT2D eigenvalue weighted by Gasteiger charge is 2.46. The number of pyridine rings is 1. The minimum atomic E-state index is -4.49. The van der Waals surface area contributed by atoms with Crippen molar-refractivity contribution in [2.24, 2.45) is 0 Å². The van der Waals surface area contributed by atoms with Crippen LogP contribution in [0.15, 0.2) is 78.9 Å². The summed E-state index contributed by atoms with van der Waals surface area (Å²) >= 11 is 0. The fourth-order valence-corrected chi connectivity index (χ4v) is 7.17. The summed E-state index contributed by atoms with van der Waals surface area (Å²) in [6.45, 7) is 4.49. The van der Waals surface area contributed by atoms with Gasteiger partial charge in [0.1, 0.15) is 0 Å². The van der Waals surface area contributed by atoms with Gasteiger partial charge in [-0.2, -0.15) is 13.2 Å². The first-order chi connectivity index (χ1) is 21.3. The van der Waals surface area contributed by atoms with Crippen LogP contribution in [-0.2, 0) is 18.3 Å². The normalized spacial score (nSPS) is 19.3. The molecule has 5 nitrogen and oxygen atoms in total. The lowest BCUT2D eigenvalue weighted by Crippen LogP contribution is -2.43. The van der Waals surface area contributed by atoms with Crippen molar-refractivity contribution in [1.29, 1.82) is 0 Å². The van der Waals surface area contributed by atoms with Crippen molar-refractivity contribution in [3.8, 4) is 11.3 Å². The molecule has 3 aliphatic rings. The molecule has 0 bridgehead atoms. The molecule has 0 unspecified atom stereocenters. The minimum Gasteiger partial charge on any atom is -0.342 e. The van der Waals surface area contributed by atoms with Gasteiger partial charge in [0.05, 0.1) is 27.9 Å². The highest BCUT2D eigenvalue weighted by molar-refractivity contribution is 6.09. The van der Waals surface area contributed by atoms with Crippen LogP contribution in [0.25, 0.3) is 22.2 Å². The highest BCUT2D eigenvalue weighted by atomic mass is 19.4. The number of alkyl halides is 3. The van der Waals surface area contributed by atoms with Crippen LogP contribution in [0.1, 0.15) is 65.6 Å². The predicted octanol–water partition coefficient (Wildman–Crippen LogP) is 7.40. The topological polar surface area (TPSA) is 48.5 Å². The number of carbonyl (C=O) groups excluding carboxylic acids is 1. The van der Waals surface area contributed by atoms with E-state index in [2.05, 4.69) is 15.1 Å². The lowest BCUT2D eigenvalue weighted by molar-refractivity contribution is -0.137. The molecule has 1 aliphatic carbocycles. The maximum Gasteiger partial charge on any atom is 0.416 e. The number of piperidine rings is 1. The molecule has 1 N–H and O–H groups in total. The first-order valence-corrected chi connectivity index (χ1v) is 15.7. The molecule has 0 atom stereocenters. The van der Waals surface area contributed by atoms with Crippen LogP contribution in [0, 0.1) is 0 Å². The highest BCUT2D eigenvalue weighted by Crippen LogP contribution is 2.46. The van der Waals surface area contributed by atoms with Crippen LogP contribution in [0.5, 0.6) is 0 Å². The van der Waals surface area contributed by atoms with Crippen LogP contribution in [0.4, 0.5) is 13.2 Å². The zero-order chi connectivity index (χ0) is 30.3. The van der Waals surface area contributed by atoms with Crippen LogP contribution in [-0.4, -0.2) is 52.9 Å². The molecule has 3 aromatic carbocycles. The number of rotatable bonds is 7. The number of fused-ring (bicyclic) bond motifs is 1. The third kappa shape index (κ3) is 5.73. The summed E-state index contributed by atoms with van der Waals surface area (Å²) in [4.78, 5) is 24.3. The lowest BCUT2D eigenvalue weighted by Gasteiger charge is -2.37. The number of halogens is 3. The molecule has 1 aromatic heterocycles. The second kappa shape index (κ2) is 11.6. The summed E-state index contributed by atoms with van der Waals surface area (Å²) in [6, 6.07) is 23.4. The molecule has 0 radical (unpaired) electrons. The Morgan fingerprint density at radius 2 is 1.59 bits per heavy atom. The molecular formula is C36H37F3N4O. The molecule has 8 heteroatoms. The van der Waals surface area contributed by atoms with E-state index < -0.39 is 17.3 Å². The third-order valence-electron chi connectivity index (χ3n) is 9.71. The minimum absolute atomic E-state index is 0.208. The summed E-state index contributed by atoms with van der Waals surface area (Å²) in [6.07, 6.45) is 1.78. The summed E-state index contributed by atoms with van der Waals surface area (Å²) in [7, 11) is 0. The zero-order valence-corrected chi connectivity index (χ0v) is 24.7. The number of hydrogen-bond donors (Lipinski definition) is 1. The van der Waals surface area contributed by atoms with Gasteiger partial charge in [-0.15, -0.1) is 0 Å². The number of hydrogen-bond acceptors (Lipinski definition) is 4.